The van der Waals surface area contributed by atoms with Crippen LogP contribution in [-0.2, 0) is 0 Å². The van der Waals surface area contributed by atoms with Gasteiger partial charge in [0.2, 0.25) is 0 Å². The van der Waals surface area contributed by atoms with E-state index in [2.05, 4.69) is 12.2 Å². The first-order valence-electron chi connectivity index (χ1n) is 3.70. The van der Waals surface area contributed by atoms with Crippen LogP contribution in [0.2, 0.25) is 0 Å². The molecule has 0 saturated heterocycles. The van der Waals surface area contributed by atoms with Crippen LogP contribution in [0.4, 0.5) is 0 Å². The van der Waals surface area contributed by atoms with Gasteiger partial charge in [0.1, 0.15) is 0 Å². The van der Waals surface area contributed by atoms with Crippen LogP contribution in [0.1, 0.15) is 6.42 Å². The Kier molecular flexibility index (Phi) is 0.649. The Balaban J connectivity index is 2.03. The minimum atomic E-state index is 0.545. The predicted molar refractivity (Wildman–Crippen MR) is 37.4 cm³/mol. The molecule has 4 atom stereocenters. The molecule has 2 bridgehead atoms. The lowest BCUT2D eigenvalue weighted by molar-refractivity contribution is 0.577. The number of halogens is 1. The minimum Gasteiger partial charge on any atom is -0.122 e. The first-order valence-corrected chi connectivity index (χ1v) is 4.14. The minimum absolute atomic E-state index is 0.545. The standard InChI is InChI=1S/C8H9Cl/c9-8-6-4-1-2-5(3-4)7(6)8/h1-2,4-8H,3H2/t4-,5-,6+,7+/m0/s1. The van der Waals surface area contributed by atoms with Gasteiger partial charge in [0, 0.05) is 5.38 Å². The van der Waals surface area contributed by atoms with Crippen molar-refractivity contribution in [3.63, 3.8) is 0 Å². The van der Waals surface area contributed by atoms with Crippen LogP contribution in [-0.4, -0.2) is 5.38 Å². The van der Waals surface area contributed by atoms with Gasteiger partial charge in [0.05, 0.1) is 0 Å². The lowest BCUT2D eigenvalue weighted by atomic mass is 10.1. The van der Waals surface area contributed by atoms with Crippen molar-refractivity contribution in [3.05, 3.63) is 12.2 Å². The van der Waals surface area contributed by atoms with Crippen molar-refractivity contribution in [2.24, 2.45) is 23.7 Å². The van der Waals surface area contributed by atoms with E-state index in [4.69, 9.17) is 11.6 Å². The second-order valence-corrected chi connectivity index (χ2v) is 4.05. The molecule has 0 aromatic rings. The molecule has 48 valence electrons. The lowest BCUT2D eigenvalue weighted by Gasteiger charge is -2.01. The van der Waals surface area contributed by atoms with Gasteiger partial charge < -0.3 is 0 Å². The van der Waals surface area contributed by atoms with Crippen LogP contribution in [0.25, 0.3) is 0 Å². The van der Waals surface area contributed by atoms with Gasteiger partial charge in [-0.2, -0.15) is 0 Å². The highest BCUT2D eigenvalue weighted by atomic mass is 35.5. The van der Waals surface area contributed by atoms with Crippen LogP contribution in [0, 0.1) is 23.7 Å². The van der Waals surface area contributed by atoms with E-state index in [0.29, 0.717) is 5.38 Å². The quantitative estimate of drug-likeness (QED) is 0.357. The third kappa shape index (κ3) is 0.400. The van der Waals surface area contributed by atoms with Crippen LogP contribution in [0.15, 0.2) is 12.2 Å². The summed E-state index contributed by atoms with van der Waals surface area (Å²) in [4.78, 5) is 0. The number of alkyl halides is 1. The first-order chi connectivity index (χ1) is 4.38. The molecule has 0 aliphatic heterocycles. The fourth-order valence-electron chi connectivity index (χ4n) is 2.69. The number of hydrogen-bond acceptors (Lipinski definition) is 0. The van der Waals surface area contributed by atoms with E-state index < -0.39 is 0 Å². The highest BCUT2D eigenvalue weighted by molar-refractivity contribution is 6.23. The van der Waals surface area contributed by atoms with Crippen molar-refractivity contribution < 1.29 is 0 Å². The Labute approximate surface area is 59.9 Å². The average Bonchev–Trinajstić information content (AvgIpc) is 2.29. The molecule has 0 heterocycles. The third-order valence-electron chi connectivity index (χ3n) is 3.18. The van der Waals surface area contributed by atoms with Gasteiger partial charge in [-0.05, 0) is 30.1 Å². The van der Waals surface area contributed by atoms with Crippen molar-refractivity contribution >= 4 is 11.6 Å². The second-order valence-electron chi connectivity index (χ2n) is 3.55. The van der Waals surface area contributed by atoms with E-state index in [0.717, 1.165) is 23.7 Å². The first kappa shape index (κ1) is 4.79. The third-order valence-corrected chi connectivity index (χ3v) is 3.76. The maximum absolute atomic E-state index is 6.04. The molecule has 0 unspecified atom stereocenters. The summed E-state index contributed by atoms with van der Waals surface area (Å²) in [5.41, 5.74) is 0. The molecule has 9 heavy (non-hydrogen) atoms. The molecule has 0 N–H and O–H groups in total. The lowest BCUT2D eigenvalue weighted by Crippen LogP contribution is -1.96. The summed E-state index contributed by atoms with van der Waals surface area (Å²) in [7, 11) is 0. The molecule has 1 heteroatoms. The maximum atomic E-state index is 6.04. The zero-order valence-electron chi connectivity index (χ0n) is 5.13. The van der Waals surface area contributed by atoms with E-state index in [1.165, 1.54) is 6.42 Å². The molecular formula is C8H9Cl. The smallest absolute Gasteiger partial charge is 0.0410 e. The van der Waals surface area contributed by atoms with Crippen molar-refractivity contribution in [2.45, 2.75) is 11.8 Å². The summed E-state index contributed by atoms with van der Waals surface area (Å²) < 4.78 is 0. The van der Waals surface area contributed by atoms with Gasteiger partial charge in [-0.1, -0.05) is 12.2 Å². The Hall–Kier alpha value is 0.0300. The van der Waals surface area contributed by atoms with Crippen molar-refractivity contribution in [1.29, 1.82) is 0 Å². The summed E-state index contributed by atoms with van der Waals surface area (Å²) in [6.07, 6.45) is 6.15. The molecule has 0 amide bonds. The monoisotopic (exact) mass is 140 g/mol. The number of hydrogen-bond donors (Lipinski definition) is 0. The molecule has 0 spiro atoms. The van der Waals surface area contributed by atoms with Gasteiger partial charge in [-0.3, -0.25) is 0 Å². The molecule has 0 aromatic heterocycles. The Morgan fingerprint density at radius 3 is 2.11 bits per heavy atom. The zero-order valence-corrected chi connectivity index (χ0v) is 5.88. The highest BCUT2D eigenvalue weighted by Crippen LogP contribution is 2.65. The second kappa shape index (κ2) is 1.22. The van der Waals surface area contributed by atoms with E-state index >= 15 is 0 Å². The zero-order chi connectivity index (χ0) is 6.01. The number of rotatable bonds is 0. The Morgan fingerprint density at radius 1 is 1.11 bits per heavy atom. The summed E-state index contributed by atoms with van der Waals surface area (Å²) >= 11 is 6.04. The Bertz CT molecular complexity index is 167. The topological polar surface area (TPSA) is 0 Å². The summed E-state index contributed by atoms with van der Waals surface area (Å²) in [6, 6.07) is 0. The van der Waals surface area contributed by atoms with Crippen molar-refractivity contribution in [1.82, 2.24) is 0 Å². The highest BCUT2D eigenvalue weighted by Gasteiger charge is 2.62. The predicted octanol–water partition coefficient (Wildman–Crippen LogP) is 2.05. The van der Waals surface area contributed by atoms with Crippen LogP contribution in [0.3, 0.4) is 0 Å². The van der Waals surface area contributed by atoms with Gasteiger partial charge in [-0.25, -0.2) is 0 Å². The van der Waals surface area contributed by atoms with Crippen molar-refractivity contribution in [2.75, 3.05) is 0 Å². The molecule has 2 saturated carbocycles. The molecule has 0 nitrogen and oxygen atoms in total. The van der Waals surface area contributed by atoms with Crippen molar-refractivity contribution in [3.8, 4) is 0 Å². The summed E-state index contributed by atoms with van der Waals surface area (Å²) in [6.45, 7) is 0. The summed E-state index contributed by atoms with van der Waals surface area (Å²) in [5.74, 6) is 3.54. The Morgan fingerprint density at radius 2 is 1.67 bits per heavy atom. The van der Waals surface area contributed by atoms with E-state index in [9.17, 15) is 0 Å². The molecule has 3 aliphatic carbocycles. The van der Waals surface area contributed by atoms with Crippen LogP contribution < -0.4 is 0 Å². The van der Waals surface area contributed by atoms with Gasteiger partial charge in [0.25, 0.3) is 0 Å². The maximum Gasteiger partial charge on any atom is 0.0410 e. The summed E-state index contributed by atoms with van der Waals surface area (Å²) in [5, 5.41) is 0.545. The van der Waals surface area contributed by atoms with E-state index in [1.807, 2.05) is 0 Å². The average molecular weight is 141 g/mol. The van der Waals surface area contributed by atoms with Gasteiger partial charge >= 0.3 is 0 Å². The molecular weight excluding hydrogens is 132 g/mol. The number of fused-ring (bicyclic) bond motifs is 5. The molecule has 3 rings (SSSR count). The van der Waals surface area contributed by atoms with E-state index in [-0.39, 0.29) is 0 Å². The SMILES string of the molecule is ClC1[C@H]2[C@H]1[C@H]1C=C[C@H]2C1. The van der Waals surface area contributed by atoms with Crippen LogP contribution in [0.5, 0.6) is 0 Å². The van der Waals surface area contributed by atoms with Crippen LogP contribution >= 0.6 is 11.6 Å². The van der Waals surface area contributed by atoms with Gasteiger partial charge in [0.15, 0.2) is 0 Å². The number of allylic oxidation sites excluding steroid dienone is 2. The molecule has 2 fully saturated rings. The molecule has 3 aliphatic rings. The largest absolute Gasteiger partial charge is 0.122 e. The fraction of sp³-hybridized carbons (Fsp3) is 0.750. The van der Waals surface area contributed by atoms with Gasteiger partial charge in [-0.15, -0.1) is 11.6 Å². The molecule has 0 aromatic carbocycles. The fourth-order valence-corrected chi connectivity index (χ4v) is 3.32. The van der Waals surface area contributed by atoms with E-state index in [1.54, 1.807) is 0 Å². The molecule has 0 radical (unpaired) electrons. The normalized spacial score (nSPS) is 66.6.